The molecule has 1 aliphatic carbocycles. The number of halogens is 2. The maximum atomic E-state index is 5.99. The third-order valence-corrected chi connectivity index (χ3v) is 4.14. The molecular formula is C12H10Cl2N2S. The summed E-state index contributed by atoms with van der Waals surface area (Å²) in [5.41, 5.74) is 1.94. The smallest absolute Gasteiger partial charge is 0.183 e. The second-order valence-corrected chi connectivity index (χ2v) is 5.76. The minimum atomic E-state index is 0.564. The fraction of sp³-hybridized carbons (Fsp3) is 0.250. The lowest BCUT2D eigenvalue weighted by molar-refractivity contribution is 1.14. The zero-order valence-corrected chi connectivity index (χ0v) is 11.2. The number of aromatic nitrogens is 1. The lowest BCUT2D eigenvalue weighted by Gasteiger charge is -2.00. The van der Waals surface area contributed by atoms with E-state index < -0.39 is 0 Å². The van der Waals surface area contributed by atoms with Crippen LogP contribution in [0, 0.1) is 0 Å². The van der Waals surface area contributed by atoms with Gasteiger partial charge >= 0.3 is 0 Å². The van der Waals surface area contributed by atoms with Crippen LogP contribution < -0.4 is 5.32 Å². The van der Waals surface area contributed by atoms with Gasteiger partial charge in [0, 0.05) is 17.0 Å². The van der Waals surface area contributed by atoms with Gasteiger partial charge < -0.3 is 5.32 Å². The topological polar surface area (TPSA) is 24.9 Å². The number of hydrogen-bond donors (Lipinski definition) is 1. The third-order valence-electron chi connectivity index (χ3n) is 2.62. The number of nitrogens with zero attached hydrogens (tertiary/aromatic N) is 1. The van der Waals surface area contributed by atoms with E-state index in [0.29, 0.717) is 16.1 Å². The molecule has 0 atom stereocenters. The molecule has 2 nitrogen and oxygen atoms in total. The fourth-order valence-electron chi connectivity index (χ4n) is 1.53. The highest BCUT2D eigenvalue weighted by Gasteiger charge is 2.22. The molecule has 0 aliphatic heterocycles. The SMILES string of the molecule is Clc1ccc(-c2csc(NC3CC3)n2)cc1Cl. The first-order chi connectivity index (χ1) is 8.22. The van der Waals surface area contributed by atoms with Crippen LogP contribution in [-0.2, 0) is 0 Å². The Kier molecular flexibility index (Phi) is 2.99. The molecule has 0 unspecified atom stereocenters. The standard InChI is InChI=1S/C12H10Cl2N2S/c13-9-4-1-7(5-10(9)14)11-6-17-12(16-11)15-8-2-3-8/h1,4-6,8H,2-3H2,(H,15,16). The van der Waals surface area contributed by atoms with E-state index in [9.17, 15) is 0 Å². The molecule has 5 heteroatoms. The van der Waals surface area contributed by atoms with Crippen LogP contribution >= 0.6 is 34.5 Å². The van der Waals surface area contributed by atoms with Crippen molar-refractivity contribution in [2.24, 2.45) is 0 Å². The average Bonchev–Trinajstić information content (AvgIpc) is 2.99. The van der Waals surface area contributed by atoms with Gasteiger partial charge in [-0.3, -0.25) is 0 Å². The molecule has 3 rings (SSSR count). The van der Waals surface area contributed by atoms with Crippen molar-refractivity contribution in [3.8, 4) is 11.3 Å². The Morgan fingerprint density at radius 1 is 1.24 bits per heavy atom. The highest BCUT2D eigenvalue weighted by molar-refractivity contribution is 7.14. The van der Waals surface area contributed by atoms with Gasteiger partial charge in [0.2, 0.25) is 0 Å². The Hall–Kier alpha value is -0.770. The Balaban J connectivity index is 1.86. The number of hydrogen-bond acceptors (Lipinski definition) is 3. The van der Waals surface area contributed by atoms with E-state index in [1.165, 1.54) is 12.8 Å². The molecule has 88 valence electrons. The predicted molar refractivity (Wildman–Crippen MR) is 74.2 cm³/mol. The zero-order valence-electron chi connectivity index (χ0n) is 8.91. The Labute approximate surface area is 114 Å². The lowest BCUT2D eigenvalue weighted by atomic mass is 10.2. The van der Waals surface area contributed by atoms with Gasteiger partial charge in [-0.05, 0) is 25.0 Å². The van der Waals surface area contributed by atoms with E-state index in [-0.39, 0.29) is 0 Å². The maximum absolute atomic E-state index is 5.99. The molecular weight excluding hydrogens is 275 g/mol. The van der Waals surface area contributed by atoms with Crippen LogP contribution in [0.3, 0.4) is 0 Å². The Bertz CT molecular complexity index is 549. The van der Waals surface area contributed by atoms with E-state index in [4.69, 9.17) is 23.2 Å². The van der Waals surface area contributed by atoms with Crippen LogP contribution in [-0.4, -0.2) is 11.0 Å². The van der Waals surface area contributed by atoms with Crippen LogP contribution in [0.25, 0.3) is 11.3 Å². The molecule has 1 N–H and O–H groups in total. The summed E-state index contributed by atoms with van der Waals surface area (Å²) in [4.78, 5) is 4.54. The van der Waals surface area contributed by atoms with Crippen LogP contribution in [0.2, 0.25) is 10.0 Å². The molecule has 0 spiro atoms. The second kappa shape index (κ2) is 4.48. The van der Waals surface area contributed by atoms with Crippen molar-refractivity contribution in [2.75, 3.05) is 5.32 Å². The van der Waals surface area contributed by atoms with Crippen LogP contribution in [0.15, 0.2) is 23.6 Å². The molecule has 1 aromatic heterocycles. The van der Waals surface area contributed by atoms with E-state index in [2.05, 4.69) is 10.3 Å². The van der Waals surface area contributed by atoms with E-state index >= 15 is 0 Å². The molecule has 0 saturated heterocycles. The summed E-state index contributed by atoms with van der Waals surface area (Å²) in [5, 5.41) is 7.53. The number of benzene rings is 1. The average molecular weight is 285 g/mol. The van der Waals surface area contributed by atoms with Gasteiger partial charge in [0.15, 0.2) is 5.13 Å². The molecule has 1 saturated carbocycles. The number of rotatable bonds is 3. The first-order valence-corrected chi connectivity index (χ1v) is 7.03. The monoisotopic (exact) mass is 284 g/mol. The second-order valence-electron chi connectivity index (χ2n) is 4.09. The first kappa shape index (κ1) is 11.3. The van der Waals surface area contributed by atoms with Crippen molar-refractivity contribution in [1.82, 2.24) is 4.98 Å². The predicted octanol–water partition coefficient (Wildman–Crippen LogP) is 4.69. The van der Waals surface area contributed by atoms with Crippen LogP contribution in [0.5, 0.6) is 0 Å². The summed E-state index contributed by atoms with van der Waals surface area (Å²) in [5.74, 6) is 0. The van der Waals surface area contributed by atoms with Gasteiger partial charge in [-0.25, -0.2) is 4.98 Å². The van der Waals surface area contributed by atoms with Crippen molar-refractivity contribution in [3.63, 3.8) is 0 Å². The molecule has 1 fully saturated rings. The highest BCUT2D eigenvalue weighted by Crippen LogP contribution is 2.32. The summed E-state index contributed by atoms with van der Waals surface area (Å²) in [6, 6.07) is 6.21. The summed E-state index contributed by atoms with van der Waals surface area (Å²) in [6.07, 6.45) is 2.50. The molecule has 0 bridgehead atoms. The number of nitrogens with one attached hydrogen (secondary N) is 1. The van der Waals surface area contributed by atoms with Gasteiger partial charge in [0.05, 0.1) is 15.7 Å². The van der Waals surface area contributed by atoms with Crippen LogP contribution in [0.1, 0.15) is 12.8 Å². The van der Waals surface area contributed by atoms with Crippen molar-refractivity contribution >= 4 is 39.7 Å². The summed E-state index contributed by atoms with van der Waals surface area (Å²) < 4.78 is 0. The van der Waals surface area contributed by atoms with Gasteiger partial charge in [-0.15, -0.1) is 11.3 Å². The molecule has 1 aromatic carbocycles. The van der Waals surface area contributed by atoms with Crippen molar-refractivity contribution < 1.29 is 0 Å². The largest absolute Gasteiger partial charge is 0.359 e. The number of anilines is 1. The highest BCUT2D eigenvalue weighted by atomic mass is 35.5. The zero-order chi connectivity index (χ0) is 11.8. The summed E-state index contributed by atoms with van der Waals surface area (Å²) in [6.45, 7) is 0. The minimum Gasteiger partial charge on any atom is -0.359 e. The van der Waals surface area contributed by atoms with Gasteiger partial charge in [-0.1, -0.05) is 29.3 Å². The van der Waals surface area contributed by atoms with Crippen molar-refractivity contribution in [3.05, 3.63) is 33.6 Å². The maximum Gasteiger partial charge on any atom is 0.183 e. The lowest BCUT2D eigenvalue weighted by Crippen LogP contribution is -1.99. The van der Waals surface area contributed by atoms with E-state index in [0.717, 1.165) is 16.4 Å². The fourth-order valence-corrected chi connectivity index (χ4v) is 2.63. The molecule has 2 aromatic rings. The van der Waals surface area contributed by atoms with E-state index in [1.807, 2.05) is 17.5 Å². The minimum absolute atomic E-state index is 0.564. The van der Waals surface area contributed by atoms with E-state index in [1.54, 1.807) is 17.4 Å². The quantitative estimate of drug-likeness (QED) is 0.884. The molecule has 0 radical (unpaired) electrons. The molecule has 1 aliphatic rings. The van der Waals surface area contributed by atoms with Gasteiger partial charge in [0.25, 0.3) is 0 Å². The summed E-state index contributed by atoms with van der Waals surface area (Å²) in [7, 11) is 0. The van der Waals surface area contributed by atoms with Crippen molar-refractivity contribution in [1.29, 1.82) is 0 Å². The summed E-state index contributed by atoms with van der Waals surface area (Å²) >= 11 is 13.5. The third kappa shape index (κ3) is 2.57. The molecule has 17 heavy (non-hydrogen) atoms. The Morgan fingerprint density at radius 2 is 2.06 bits per heavy atom. The van der Waals surface area contributed by atoms with Crippen LogP contribution in [0.4, 0.5) is 5.13 Å². The number of thiazole rings is 1. The first-order valence-electron chi connectivity index (χ1n) is 5.40. The van der Waals surface area contributed by atoms with Crippen molar-refractivity contribution in [2.45, 2.75) is 18.9 Å². The van der Waals surface area contributed by atoms with Gasteiger partial charge in [0.1, 0.15) is 0 Å². The Morgan fingerprint density at radius 3 is 2.76 bits per heavy atom. The molecule has 1 heterocycles. The van der Waals surface area contributed by atoms with Gasteiger partial charge in [-0.2, -0.15) is 0 Å². The normalized spacial score (nSPS) is 14.9. The molecule has 0 amide bonds.